The van der Waals surface area contributed by atoms with Crippen LogP contribution in [0.15, 0.2) is 42.5 Å². The van der Waals surface area contributed by atoms with Crippen LogP contribution in [0, 0.1) is 0 Å². The smallest absolute Gasteiger partial charge is 0.273 e. The van der Waals surface area contributed by atoms with Gasteiger partial charge in [0.1, 0.15) is 12.4 Å². The molecule has 0 N–H and O–H groups in total. The summed E-state index contributed by atoms with van der Waals surface area (Å²) in [4.78, 5) is 20.0. The average molecular weight is 441 g/mol. The molecule has 3 heterocycles. The Hall–Kier alpha value is -2.84. The Bertz CT molecular complexity index is 1080. The Morgan fingerprint density at radius 1 is 1.26 bits per heavy atom. The molecule has 0 radical (unpaired) electrons. The molecule has 31 heavy (non-hydrogen) atoms. The molecule has 3 aromatic rings. The lowest BCUT2D eigenvalue weighted by Gasteiger charge is -2.30. The van der Waals surface area contributed by atoms with Crippen molar-refractivity contribution in [1.82, 2.24) is 4.98 Å². The highest BCUT2D eigenvalue weighted by Gasteiger charge is 2.35. The molecule has 1 amide bonds. The first kappa shape index (κ1) is 20.1. The monoisotopic (exact) mass is 440 g/mol. The lowest BCUT2D eigenvalue weighted by atomic mass is 10.2. The molecule has 2 aliphatic heterocycles. The molecule has 1 saturated heterocycles. The maximum atomic E-state index is 13.5. The zero-order valence-electron chi connectivity index (χ0n) is 17.3. The number of aromatic nitrogens is 1. The summed E-state index contributed by atoms with van der Waals surface area (Å²) in [7, 11) is 0. The SMILES string of the molecule is CCOc1ccc2nc(N(CC3CCCO3)C(=O)C3COc4ccccc4O3)sc2c1. The summed E-state index contributed by atoms with van der Waals surface area (Å²) in [5.74, 6) is 1.85. The van der Waals surface area contributed by atoms with Gasteiger partial charge in [0.15, 0.2) is 16.6 Å². The van der Waals surface area contributed by atoms with Crippen LogP contribution in [0.2, 0.25) is 0 Å². The Morgan fingerprint density at radius 2 is 2.13 bits per heavy atom. The molecule has 5 rings (SSSR count). The van der Waals surface area contributed by atoms with Crippen LogP contribution in [-0.2, 0) is 9.53 Å². The number of fused-ring (bicyclic) bond motifs is 2. The normalized spacial score (nSPS) is 20.0. The zero-order valence-corrected chi connectivity index (χ0v) is 18.1. The first-order chi connectivity index (χ1) is 15.2. The van der Waals surface area contributed by atoms with E-state index in [-0.39, 0.29) is 18.6 Å². The number of nitrogens with zero attached hydrogens (tertiary/aromatic N) is 2. The van der Waals surface area contributed by atoms with Crippen molar-refractivity contribution in [3.8, 4) is 17.2 Å². The molecule has 2 unspecified atom stereocenters. The number of anilines is 1. The van der Waals surface area contributed by atoms with Crippen LogP contribution >= 0.6 is 11.3 Å². The van der Waals surface area contributed by atoms with Gasteiger partial charge >= 0.3 is 0 Å². The van der Waals surface area contributed by atoms with Crippen LogP contribution in [0.3, 0.4) is 0 Å². The molecular weight excluding hydrogens is 416 g/mol. The van der Waals surface area contributed by atoms with E-state index in [2.05, 4.69) is 0 Å². The van der Waals surface area contributed by atoms with Crippen molar-refractivity contribution in [2.24, 2.45) is 0 Å². The maximum absolute atomic E-state index is 13.5. The number of thiazole rings is 1. The van der Waals surface area contributed by atoms with Crippen LogP contribution in [0.1, 0.15) is 19.8 Å². The molecule has 2 aromatic carbocycles. The van der Waals surface area contributed by atoms with E-state index in [1.807, 2.05) is 49.4 Å². The summed E-state index contributed by atoms with van der Waals surface area (Å²) < 4.78 is 24.2. The third-order valence-corrected chi connectivity index (χ3v) is 6.39. The molecule has 8 heteroatoms. The van der Waals surface area contributed by atoms with Gasteiger partial charge in [-0.05, 0) is 50.1 Å². The Balaban J connectivity index is 1.44. The fourth-order valence-corrected chi connectivity index (χ4v) is 4.84. The van der Waals surface area contributed by atoms with Crippen LogP contribution in [-0.4, -0.2) is 49.5 Å². The van der Waals surface area contributed by atoms with Crippen molar-refractivity contribution < 1.29 is 23.7 Å². The number of amides is 1. The number of carbonyl (C=O) groups is 1. The van der Waals surface area contributed by atoms with Gasteiger partial charge in [0.05, 0.1) is 29.5 Å². The third-order valence-electron chi connectivity index (χ3n) is 5.35. The standard InChI is InChI=1S/C23H24N2O5S/c1-2-27-15-9-10-17-21(12-15)31-23(24-17)25(13-16-6-5-11-28-16)22(26)20-14-29-18-7-3-4-8-19(18)30-20/h3-4,7-10,12,16,20H,2,5-6,11,13-14H2,1H3. The topological polar surface area (TPSA) is 70.1 Å². The number of para-hydroxylation sites is 2. The zero-order chi connectivity index (χ0) is 21.2. The van der Waals surface area contributed by atoms with E-state index < -0.39 is 6.10 Å². The number of hydrogen-bond acceptors (Lipinski definition) is 7. The van der Waals surface area contributed by atoms with E-state index >= 15 is 0 Å². The Morgan fingerprint density at radius 3 is 2.94 bits per heavy atom. The second-order valence-corrected chi connectivity index (χ2v) is 8.52. The summed E-state index contributed by atoms with van der Waals surface area (Å²) in [5.41, 5.74) is 0.833. The molecule has 7 nitrogen and oxygen atoms in total. The molecule has 0 bridgehead atoms. The molecule has 1 fully saturated rings. The summed E-state index contributed by atoms with van der Waals surface area (Å²) >= 11 is 1.47. The summed E-state index contributed by atoms with van der Waals surface area (Å²) in [6.45, 7) is 3.88. The van der Waals surface area contributed by atoms with Crippen LogP contribution in [0.5, 0.6) is 17.2 Å². The van der Waals surface area contributed by atoms with Crippen molar-refractivity contribution >= 4 is 32.6 Å². The molecule has 2 atom stereocenters. The third kappa shape index (κ3) is 4.18. The predicted molar refractivity (Wildman–Crippen MR) is 118 cm³/mol. The minimum atomic E-state index is -0.734. The summed E-state index contributed by atoms with van der Waals surface area (Å²) in [6, 6.07) is 13.2. The van der Waals surface area contributed by atoms with Crippen molar-refractivity contribution in [2.45, 2.75) is 32.0 Å². The molecule has 0 saturated carbocycles. The number of carbonyl (C=O) groups excluding carboxylic acids is 1. The van der Waals surface area contributed by atoms with Gasteiger partial charge in [0.2, 0.25) is 6.10 Å². The Labute approximate surface area is 184 Å². The average Bonchev–Trinajstić information content (AvgIpc) is 3.46. The van der Waals surface area contributed by atoms with Gasteiger partial charge < -0.3 is 18.9 Å². The second kappa shape index (κ2) is 8.72. The van der Waals surface area contributed by atoms with E-state index in [0.717, 1.165) is 35.4 Å². The fourth-order valence-electron chi connectivity index (χ4n) is 3.83. The van der Waals surface area contributed by atoms with Gasteiger partial charge in [0.25, 0.3) is 5.91 Å². The summed E-state index contributed by atoms with van der Waals surface area (Å²) in [6.07, 6.45) is 1.18. The lowest BCUT2D eigenvalue weighted by Crippen LogP contribution is -2.48. The number of rotatable bonds is 6. The number of ether oxygens (including phenoxy) is 4. The van der Waals surface area contributed by atoms with Crippen molar-refractivity contribution in [3.63, 3.8) is 0 Å². The quantitative estimate of drug-likeness (QED) is 0.576. The van der Waals surface area contributed by atoms with E-state index in [0.29, 0.717) is 29.8 Å². The predicted octanol–water partition coefficient (Wildman–Crippen LogP) is 4.05. The maximum Gasteiger partial charge on any atom is 0.273 e. The number of benzene rings is 2. The minimum Gasteiger partial charge on any atom is -0.494 e. The molecule has 0 aliphatic carbocycles. The van der Waals surface area contributed by atoms with Gasteiger partial charge in [-0.1, -0.05) is 23.5 Å². The molecular formula is C23H24N2O5S. The van der Waals surface area contributed by atoms with Crippen LogP contribution in [0.4, 0.5) is 5.13 Å². The van der Waals surface area contributed by atoms with E-state index in [9.17, 15) is 4.79 Å². The lowest BCUT2D eigenvalue weighted by molar-refractivity contribution is -0.128. The molecule has 2 aliphatic rings. The van der Waals surface area contributed by atoms with Gasteiger partial charge in [-0.3, -0.25) is 9.69 Å². The first-order valence-corrected chi connectivity index (χ1v) is 11.4. The van der Waals surface area contributed by atoms with Gasteiger partial charge in [-0.25, -0.2) is 4.98 Å². The van der Waals surface area contributed by atoms with E-state index in [1.165, 1.54) is 11.3 Å². The second-order valence-electron chi connectivity index (χ2n) is 7.51. The van der Waals surface area contributed by atoms with Gasteiger partial charge in [0, 0.05) is 6.61 Å². The molecule has 1 aromatic heterocycles. The highest BCUT2D eigenvalue weighted by atomic mass is 32.1. The van der Waals surface area contributed by atoms with Crippen molar-refractivity contribution in [3.05, 3.63) is 42.5 Å². The largest absolute Gasteiger partial charge is 0.494 e. The summed E-state index contributed by atoms with van der Waals surface area (Å²) in [5, 5.41) is 0.631. The van der Waals surface area contributed by atoms with E-state index in [4.69, 9.17) is 23.9 Å². The van der Waals surface area contributed by atoms with Gasteiger partial charge in [-0.15, -0.1) is 0 Å². The van der Waals surface area contributed by atoms with Crippen LogP contribution < -0.4 is 19.1 Å². The fraction of sp³-hybridized carbons (Fsp3) is 0.391. The first-order valence-electron chi connectivity index (χ1n) is 10.6. The van der Waals surface area contributed by atoms with Crippen LogP contribution in [0.25, 0.3) is 10.2 Å². The molecule has 0 spiro atoms. The van der Waals surface area contributed by atoms with Crippen molar-refractivity contribution in [2.75, 3.05) is 31.3 Å². The number of hydrogen-bond donors (Lipinski definition) is 0. The van der Waals surface area contributed by atoms with E-state index in [1.54, 1.807) is 4.90 Å². The van der Waals surface area contributed by atoms with Crippen molar-refractivity contribution in [1.29, 1.82) is 0 Å². The Kier molecular flexibility index (Phi) is 5.65. The highest BCUT2D eigenvalue weighted by Crippen LogP contribution is 2.35. The molecule has 162 valence electrons. The minimum absolute atomic E-state index is 0.00765. The van der Waals surface area contributed by atoms with Gasteiger partial charge in [-0.2, -0.15) is 0 Å². The highest BCUT2D eigenvalue weighted by molar-refractivity contribution is 7.22.